The lowest BCUT2D eigenvalue weighted by molar-refractivity contribution is -0.140. The molecule has 0 fully saturated rings. The van der Waals surface area contributed by atoms with Crippen molar-refractivity contribution in [1.29, 1.82) is 0 Å². The second-order valence-corrected chi connectivity index (χ2v) is 12.1. The van der Waals surface area contributed by atoms with Crippen molar-refractivity contribution < 1.29 is 37.0 Å². The fraction of sp³-hybridized carbons (Fsp3) is 0.406. The van der Waals surface area contributed by atoms with Gasteiger partial charge in [0.05, 0.1) is 12.1 Å². The lowest BCUT2D eigenvalue weighted by Crippen LogP contribution is -2.49. The van der Waals surface area contributed by atoms with Crippen LogP contribution in [-0.4, -0.2) is 41.2 Å². The Bertz CT molecular complexity index is 1350. The van der Waals surface area contributed by atoms with Gasteiger partial charge in [-0.15, -0.1) is 11.3 Å². The molecule has 0 saturated carbocycles. The smallest absolute Gasteiger partial charge is 0.416 e. The molecule has 0 aliphatic carbocycles. The average molecular weight is 634 g/mol. The lowest BCUT2D eigenvalue weighted by atomic mass is 10.0. The van der Waals surface area contributed by atoms with Crippen molar-refractivity contribution in [3.63, 3.8) is 0 Å². The zero-order valence-electron chi connectivity index (χ0n) is 25.0. The predicted molar refractivity (Wildman–Crippen MR) is 162 cm³/mol. The monoisotopic (exact) mass is 633 g/mol. The summed E-state index contributed by atoms with van der Waals surface area (Å²) in [7, 11) is 0. The second kappa shape index (κ2) is 16.1. The van der Waals surface area contributed by atoms with E-state index >= 15 is 0 Å². The number of hydrogen-bond acceptors (Lipinski definition) is 6. The first-order valence-corrected chi connectivity index (χ1v) is 15.1. The van der Waals surface area contributed by atoms with E-state index in [1.54, 1.807) is 32.9 Å². The van der Waals surface area contributed by atoms with Crippen LogP contribution in [0.4, 0.5) is 22.8 Å². The Morgan fingerprint density at radius 3 is 2.25 bits per heavy atom. The topological polar surface area (TPSA) is 97.0 Å². The van der Waals surface area contributed by atoms with Crippen molar-refractivity contribution in [3.05, 3.63) is 93.7 Å². The summed E-state index contributed by atoms with van der Waals surface area (Å²) < 4.78 is 51.9. The number of alkyl halides is 3. The van der Waals surface area contributed by atoms with Crippen LogP contribution < -0.4 is 10.6 Å². The number of benzene rings is 2. The number of amides is 3. The molecule has 0 bridgehead atoms. The fourth-order valence-corrected chi connectivity index (χ4v) is 5.03. The highest BCUT2D eigenvalue weighted by molar-refractivity contribution is 7.09. The molecule has 2 aromatic carbocycles. The molecule has 3 amide bonds. The quantitative estimate of drug-likeness (QED) is 0.193. The molecule has 2 N–H and O–H groups in total. The molecule has 0 aliphatic heterocycles. The zero-order valence-corrected chi connectivity index (χ0v) is 25.8. The van der Waals surface area contributed by atoms with Gasteiger partial charge in [-0.05, 0) is 68.7 Å². The van der Waals surface area contributed by atoms with Gasteiger partial charge in [-0.3, -0.25) is 4.79 Å². The van der Waals surface area contributed by atoms with Crippen molar-refractivity contribution in [2.75, 3.05) is 6.54 Å². The molecule has 12 heteroatoms. The number of carbonyl (C=O) groups excluding carboxylic acids is 3. The summed E-state index contributed by atoms with van der Waals surface area (Å²) in [5.41, 5.74) is -0.864. The second-order valence-electron chi connectivity index (χ2n) is 11.1. The maximum Gasteiger partial charge on any atom is 0.416 e. The first-order valence-electron chi connectivity index (χ1n) is 14.2. The molecule has 3 rings (SSSR count). The Morgan fingerprint density at radius 2 is 1.59 bits per heavy atom. The Kier molecular flexibility index (Phi) is 12.6. The van der Waals surface area contributed by atoms with Gasteiger partial charge in [0.2, 0.25) is 5.91 Å². The van der Waals surface area contributed by atoms with Gasteiger partial charge in [-0.2, -0.15) is 13.2 Å². The number of nitrogens with zero attached hydrogens (tertiary/aromatic N) is 1. The van der Waals surface area contributed by atoms with Gasteiger partial charge in [-0.1, -0.05) is 54.6 Å². The minimum Gasteiger partial charge on any atom is -0.445 e. The number of nitrogens with one attached hydrogen (secondary N) is 2. The van der Waals surface area contributed by atoms with Gasteiger partial charge in [-0.25, -0.2) is 9.59 Å². The van der Waals surface area contributed by atoms with Crippen LogP contribution in [-0.2, 0) is 40.1 Å². The van der Waals surface area contributed by atoms with Crippen LogP contribution in [0.5, 0.6) is 0 Å². The standard InChI is InChI=1S/C32H38F3N3O5S/c1-31(2,3)43-30(41)37-27(17-9-10-18-36-29(40)42-22-23-12-5-4-6-13-23)28(39)38(21-25-15-11-19-44-25)20-24-14-7-8-16-26(24)32(33,34)35/h4-8,11-16,19,27H,9-10,17-18,20-22H2,1-3H3,(H,36,40)(H,37,41)/t27-/m0/s1. The Balaban J connectivity index is 1.69. The van der Waals surface area contributed by atoms with Gasteiger partial charge < -0.3 is 25.0 Å². The van der Waals surface area contributed by atoms with Crippen LogP contribution in [0.2, 0.25) is 0 Å². The highest BCUT2D eigenvalue weighted by atomic mass is 32.1. The van der Waals surface area contributed by atoms with E-state index in [1.807, 2.05) is 35.7 Å². The molecule has 1 atom stereocenters. The van der Waals surface area contributed by atoms with Crippen LogP contribution in [0.15, 0.2) is 72.1 Å². The molecule has 0 radical (unpaired) electrons. The minimum absolute atomic E-state index is 0.0564. The predicted octanol–water partition coefficient (Wildman–Crippen LogP) is 7.29. The SMILES string of the molecule is CC(C)(C)OC(=O)N[C@@H](CCCCNC(=O)OCc1ccccc1)C(=O)N(Cc1cccs1)Cc1ccccc1C(F)(F)F. The van der Waals surface area contributed by atoms with Crippen molar-refractivity contribution in [2.45, 2.75) is 77.5 Å². The molecule has 1 aromatic heterocycles. The van der Waals surface area contributed by atoms with Crippen LogP contribution >= 0.6 is 11.3 Å². The van der Waals surface area contributed by atoms with E-state index in [-0.39, 0.29) is 38.2 Å². The number of halogens is 3. The van der Waals surface area contributed by atoms with E-state index < -0.39 is 41.5 Å². The van der Waals surface area contributed by atoms with E-state index in [1.165, 1.54) is 34.4 Å². The maximum absolute atomic E-state index is 13.9. The number of hydrogen-bond donors (Lipinski definition) is 2. The molecule has 8 nitrogen and oxygen atoms in total. The molecule has 44 heavy (non-hydrogen) atoms. The minimum atomic E-state index is -4.60. The van der Waals surface area contributed by atoms with E-state index in [2.05, 4.69) is 10.6 Å². The third-order valence-corrected chi connectivity index (χ3v) is 7.17. The summed E-state index contributed by atoms with van der Waals surface area (Å²) in [6.45, 7) is 5.19. The molecular weight excluding hydrogens is 595 g/mol. The van der Waals surface area contributed by atoms with Gasteiger partial charge in [0.25, 0.3) is 0 Å². The summed E-state index contributed by atoms with van der Waals surface area (Å²) >= 11 is 1.37. The average Bonchev–Trinajstić information content (AvgIpc) is 3.47. The van der Waals surface area contributed by atoms with Crippen molar-refractivity contribution in [1.82, 2.24) is 15.5 Å². The van der Waals surface area contributed by atoms with Gasteiger partial charge >= 0.3 is 18.4 Å². The Labute approximate surface area is 259 Å². The molecule has 238 valence electrons. The first-order chi connectivity index (χ1) is 20.8. The third-order valence-electron chi connectivity index (χ3n) is 6.31. The van der Waals surface area contributed by atoms with Crippen LogP contribution in [0.3, 0.4) is 0 Å². The summed E-state index contributed by atoms with van der Waals surface area (Å²) in [6.07, 6.45) is -4.96. The lowest BCUT2D eigenvalue weighted by Gasteiger charge is -2.29. The molecule has 1 heterocycles. The molecule has 3 aromatic rings. The highest BCUT2D eigenvalue weighted by Gasteiger charge is 2.35. The molecule has 0 spiro atoms. The first kappa shape index (κ1) is 34.4. The molecule has 0 unspecified atom stereocenters. The largest absolute Gasteiger partial charge is 0.445 e. The maximum atomic E-state index is 13.9. The summed E-state index contributed by atoms with van der Waals surface area (Å²) in [5, 5.41) is 7.09. The normalized spacial score (nSPS) is 12.2. The number of ether oxygens (including phenoxy) is 2. The Morgan fingerprint density at radius 1 is 0.886 bits per heavy atom. The van der Waals surface area contributed by atoms with Crippen LogP contribution in [0, 0.1) is 0 Å². The summed E-state index contributed by atoms with van der Waals surface area (Å²) in [4.78, 5) is 40.8. The molecule has 0 saturated heterocycles. The fourth-order valence-electron chi connectivity index (χ4n) is 4.31. The summed E-state index contributed by atoms with van der Waals surface area (Å²) in [5.74, 6) is -0.545. The number of alkyl carbamates (subject to hydrolysis) is 2. The van der Waals surface area contributed by atoms with E-state index in [0.717, 1.165) is 16.5 Å². The van der Waals surface area contributed by atoms with Crippen LogP contribution in [0.1, 0.15) is 61.6 Å². The molecule has 0 aliphatic rings. The molecular formula is C32H38F3N3O5S. The van der Waals surface area contributed by atoms with Crippen molar-refractivity contribution in [2.24, 2.45) is 0 Å². The van der Waals surface area contributed by atoms with Gasteiger partial charge in [0.1, 0.15) is 18.2 Å². The summed E-state index contributed by atoms with van der Waals surface area (Å²) in [6, 6.07) is 16.9. The number of thiophene rings is 1. The number of carbonyl (C=O) groups is 3. The van der Waals surface area contributed by atoms with Gasteiger partial charge in [0, 0.05) is 18.0 Å². The number of rotatable bonds is 13. The van der Waals surface area contributed by atoms with Crippen molar-refractivity contribution >= 4 is 29.4 Å². The van der Waals surface area contributed by atoms with E-state index in [9.17, 15) is 27.6 Å². The Hall–Kier alpha value is -4.06. The van der Waals surface area contributed by atoms with Crippen LogP contribution in [0.25, 0.3) is 0 Å². The van der Waals surface area contributed by atoms with E-state index in [4.69, 9.17) is 9.47 Å². The van der Waals surface area contributed by atoms with Crippen molar-refractivity contribution in [3.8, 4) is 0 Å². The highest BCUT2D eigenvalue weighted by Crippen LogP contribution is 2.33. The van der Waals surface area contributed by atoms with Gasteiger partial charge in [0.15, 0.2) is 0 Å². The third kappa shape index (κ3) is 11.9. The zero-order chi connectivity index (χ0) is 32.2. The van der Waals surface area contributed by atoms with E-state index in [0.29, 0.717) is 12.8 Å². The number of unbranched alkanes of at least 4 members (excludes halogenated alkanes) is 1.